The minimum Gasteiger partial charge on any atom is -0.481 e. The standard InChI is InChI=1S/C44H72N8O8/c1-13-29(6)40(50(10)44(58)38(27(2)3)46-43(57)39(28(4)5)49(8)9)35(59-11)24-36(53)52-21-17-20-34(52)41(60-12)30(7)42(56)45-32(22-31-18-15-14-16-19-31)25-51-26-33(47-48-51)23-37(54)55/h14-16,18-19,26-30,32,34-35,38-41H,13,17,20-25H2,1-12H3,(H,45,56)(H,46,57)(H,54,55)/t29-,30?,32+,34?,35+,38+,39+,40-,41?/m0/s1. The summed E-state index contributed by atoms with van der Waals surface area (Å²) in [5.41, 5.74) is 1.32. The summed E-state index contributed by atoms with van der Waals surface area (Å²) in [6.07, 6.45) is 2.64. The Hall–Kier alpha value is -4.41. The molecule has 1 fully saturated rings. The van der Waals surface area contributed by atoms with Gasteiger partial charge in [0.05, 0.1) is 67.4 Å². The Morgan fingerprint density at radius 1 is 0.933 bits per heavy atom. The van der Waals surface area contributed by atoms with Crippen LogP contribution in [-0.4, -0.2) is 149 Å². The lowest BCUT2D eigenvalue weighted by Crippen LogP contribution is -2.59. The number of likely N-dealkylation sites (tertiary alicyclic amines) is 1. The number of aromatic nitrogens is 3. The molecule has 4 amide bonds. The first-order valence-electron chi connectivity index (χ1n) is 21.4. The van der Waals surface area contributed by atoms with Crippen molar-refractivity contribution in [3.63, 3.8) is 0 Å². The average Bonchev–Trinajstić information content (AvgIpc) is 3.85. The number of carbonyl (C=O) groups excluding carboxylic acids is 4. The number of hydrogen-bond acceptors (Lipinski definition) is 10. The van der Waals surface area contributed by atoms with Gasteiger partial charge in [0.25, 0.3) is 0 Å². The van der Waals surface area contributed by atoms with Gasteiger partial charge in [-0.05, 0) is 56.7 Å². The second kappa shape index (κ2) is 23.6. The number of aliphatic carboxylic acids is 1. The molecule has 60 heavy (non-hydrogen) atoms. The van der Waals surface area contributed by atoms with Gasteiger partial charge in [0.2, 0.25) is 23.6 Å². The van der Waals surface area contributed by atoms with Crippen LogP contribution in [0.4, 0.5) is 0 Å². The molecule has 3 N–H and O–H groups in total. The van der Waals surface area contributed by atoms with E-state index in [0.717, 1.165) is 18.4 Å². The van der Waals surface area contributed by atoms with Crippen molar-refractivity contribution in [1.82, 2.24) is 40.3 Å². The summed E-state index contributed by atoms with van der Waals surface area (Å²) < 4.78 is 13.6. The largest absolute Gasteiger partial charge is 0.481 e. The van der Waals surface area contributed by atoms with E-state index in [-0.39, 0.29) is 66.8 Å². The number of ether oxygens (including phenoxy) is 2. The molecule has 0 spiro atoms. The zero-order valence-electron chi connectivity index (χ0n) is 38.0. The monoisotopic (exact) mass is 841 g/mol. The SMILES string of the molecule is CC[C@H](C)[C@@H]([C@@H](CC(=O)N1CCCC1C(OC)C(C)C(=O)N[C@H](Cc1ccccc1)Cn1cc(CC(=O)O)nn1)OC)N(C)C(=O)[C@H](NC(=O)[C@@H](C(C)C)N(C)C)C(C)C. The number of carbonyl (C=O) groups is 5. The van der Waals surface area contributed by atoms with Gasteiger partial charge in [0.1, 0.15) is 6.04 Å². The van der Waals surface area contributed by atoms with Gasteiger partial charge in [0, 0.05) is 34.0 Å². The van der Waals surface area contributed by atoms with Crippen LogP contribution in [0.2, 0.25) is 0 Å². The van der Waals surface area contributed by atoms with Gasteiger partial charge in [-0.1, -0.05) is 90.4 Å². The highest BCUT2D eigenvalue weighted by molar-refractivity contribution is 5.90. The molecule has 2 heterocycles. The van der Waals surface area contributed by atoms with Crippen molar-refractivity contribution in [3.05, 3.63) is 47.8 Å². The molecule has 1 aromatic heterocycles. The lowest BCUT2D eigenvalue weighted by Gasteiger charge is -2.41. The van der Waals surface area contributed by atoms with Crippen LogP contribution in [0.15, 0.2) is 36.5 Å². The van der Waals surface area contributed by atoms with Gasteiger partial charge in [-0.25, -0.2) is 0 Å². The summed E-state index contributed by atoms with van der Waals surface area (Å²) in [5.74, 6) is -2.72. The highest BCUT2D eigenvalue weighted by Crippen LogP contribution is 2.30. The molecule has 9 atom stereocenters. The molecule has 0 radical (unpaired) electrons. The van der Waals surface area contributed by atoms with Gasteiger partial charge in [0.15, 0.2) is 0 Å². The molecule has 336 valence electrons. The summed E-state index contributed by atoms with van der Waals surface area (Å²) in [5, 5.41) is 23.5. The van der Waals surface area contributed by atoms with Crippen LogP contribution >= 0.6 is 0 Å². The smallest absolute Gasteiger partial charge is 0.309 e. The van der Waals surface area contributed by atoms with E-state index in [1.54, 1.807) is 44.2 Å². The van der Waals surface area contributed by atoms with Crippen molar-refractivity contribution in [1.29, 1.82) is 0 Å². The molecule has 1 aromatic carbocycles. The molecule has 16 nitrogen and oxygen atoms in total. The Balaban J connectivity index is 1.80. The summed E-state index contributed by atoms with van der Waals surface area (Å²) >= 11 is 0. The molecule has 16 heteroatoms. The van der Waals surface area contributed by atoms with E-state index < -0.39 is 48.3 Å². The Morgan fingerprint density at radius 3 is 2.15 bits per heavy atom. The van der Waals surface area contributed by atoms with Crippen LogP contribution in [0, 0.1) is 23.7 Å². The quantitative estimate of drug-likeness (QED) is 0.141. The Bertz CT molecular complexity index is 1680. The van der Waals surface area contributed by atoms with E-state index in [1.165, 1.54) is 4.68 Å². The van der Waals surface area contributed by atoms with Crippen LogP contribution < -0.4 is 10.6 Å². The topological polar surface area (TPSA) is 189 Å². The highest BCUT2D eigenvalue weighted by Gasteiger charge is 2.43. The number of nitrogens with zero attached hydrogens (tertiary/aromatic N) is 6. The van der Waals surface area contributed by atoms with Gasteiger partial charge in [-0.15, -0.1) is 5.10 Å². The van der Waals surface area contributed by atoms with E-state index in [9.17, 15) is 29.1 Å². The minimum atomic E-state index is -1.01. The first-order valence-corrected chi connectivity index (χ1v) is 21.4. The zero-order chi connectivity index (χ0) is 44.8. The Morgan fingerprint density at radius 2 is 1.60 bits per heavy atom. The molecule has 3 unspecified atom stereocenters. The second-order valence-corrected chi connectivity index (χ2v) is 17.4. The Kier molecular flexibility index (Phi) is 19.6. The maximum absolute atomic E-state index is 14.4. The number of benzene rings is 1. The summed E-state index contributed by atoms with van der Waals surface area (Å²) in [6, 6.07) is 7.27. The second-order valence-electron chi connectivity index (χ2n) is 17.4. The number of rotatable bonds is 24. The molecule has 2 aromatic rings. The number of nitrogens with one attached hydrogen (secondary N) is 2. The third-order valence-electron chi connectivity index (χ3n) is 11.9. The molecule has 1 saturated heterocycles. The predicted octanol–water partition coefficient (Wildman–Crippen LogP) is 3.28. The number of hydrogen-bond donors (Lipinski definition) is 3. The van der Waals surface area contributed by atoms with Crippen molar-refractivity contribution in [2.75, 3.05) is 41.9 Å². The highest BCUT2D eigenvalue weighted by atomic mass is 16.5. The van der Waals surface area contributed by atoms with Crippen LogP contribution in [-0.2, 0) is 52.8 Å². The first kappa shape index (κ1) is 49.9. The van der Waals surface area contributed by atoms with Crippen LogP contribution in [0.1, 0.15) is 85.4 Å². The molecule has 1 aliphatic heterocycles. The van der Waals surface area contributed by atoms with Crippen molar-refractivity contribution in [2.24, 2.45) is 23.7 Å². The maximum Gasteiger partial charge on any atom is 0.309 e. The van der Waals surface area contributed by atoms with Crippen molar-refractivity contribution in [3.8, 4) is 0 Å². The molecular weight excluding hydrogens is 769 g/mol. The minimum absolute atomic E-state index is 0.00627. The van der Waals surface area contributed by atoms with Crippen molar-refractivity contribution >= 4 is 29.6 Å². The number of carboxylic acids is 1. The number of likely N-dealkylation sites (N-methyl/N-ethyl adjacent to an activating group) is 2. The van der Waals surface area contributed by atoms with Gasteiger partial charge >= 0.3 is 5.97 Å². The van der Waals surface area contributed by atoms with Crippen LogP contribution in [0.5, 0.6) is 0 Å². The van der Waals surface area contributed by atoms with E-state index in [0.29, 0.717) is 25.1 Å². The molecule has 0 aliphatic carbocycles. The fourth-order valence-corrected chi connectivity index (χ4v) is 8.69. The van der Waals surface area contributed by atoms with E-state index in [2.05, 4.69) is 20.9 Å². The number of amides is 4. The van der Waals surface area contributed by atoms with Crippen molar-refractivity contribution < 1.29 is 38.6 Å². The maximum atomic E-state index is 14.4. The molecule has 3 rings (SSSR count). The fraction of sp³-hybridized carbons (Fsp3) is 0.705. The van der Waals surface area contributed by atoms with Crippen molar-refractivity contribution in [2.45, 2.75) is 136 Å². The third-order valence-corrected chi connectivity index (χ3v) is 11.9. The molecule has 0 bridgehead atoms. The average molecular weight is 841 g/mol. The number of methoxy groups -OCH3 is 2. The summed E-state index contributed by atoms with van der Waals surface area (Å²) in [4.78, 5) is 72.8. The van der Waals surface area contributed by atoms with E-state index in [1.807, 2.05) is 90.9 Å². The predicted molar refractivity (Wildman–Crippen MR) is 229 cm³/mol. The first-order chi connectivity index (χ1) is 28.3. The Labute approximate surface area is 357 Å². The lowest BCUT2D eigenvalue weighted by molar-refractivity contribution is -0.148. The molecule has 1 aliphatic rings. The molecular formula is C44H72N8O8. The summed E-state index contributed by atoms with van der Waals surface area (Å²) in [6.45, 7) is 14.4. The zero-order valence-corrected chi connectivity index (χ0v) is 38.0. The van der Waals surface area contributed by atoms with E-state index >= 15 is 0 Å². The van der Waals surface area contributed by atoms with Gasteiger partial charge in [-0.2, -0.15) is 0 Å². The molecule has 0 saturated carbocycles. The third kappa shape index (κ3) is 13.5. The van der Waals surface area contributed by atoms with Crippen LogP contribution in [0.25, 0.3) is 0 Å². The van der Waals surface area contributed by atoms with Crippen LogP contribution in [0.3, 0.4) is 0 Å². The normalized spacial score (nSPS) is 18.4. The lowest BCUT2D eigenvalue weighted by atomic mass is 9.89. The van der Waals surface area contributed by atoms with Gasteiger partial charge in [-0.3, -0.25) is 33.6 Å². The van der Waals surface area contributed by atoms with E-state index in [4.69, 9.17) is 9.47 Å². The fourth-order valence-electron chi connectivity index (χ4n) is 8.69. The number of carboxylic acid groups (broad SMARTS) is 1. The van der Waals surface area contributed by atoms with Gasteiger partial charge < -0.3 is 35.0 Å². The summed E-state index contributed by atoms with van der Waals surface area (Å²) in [7, 11) is 8.54.